The van der Waals surface area contributed by atoms with Crippen molar-refractivity contribution in [1.82, 2.24) is 0 Å². The molecule has 2 nitrogen and oxygen atoms in total. The second-order valence-electron chi connectivity index (χ2n) is 3.98. The zero-order valence-electron chi connectivity index (χ0n) is 9.81. The first-order chi connectivity index (χ1) is 8.58. The van der Waals surface area contributed by atoms with E-state index in [9.17, 15) is 9.59 Å². The highest BCUT2D eigenvalue weighted by Crippen LogP contribution is 2.21. The number of halogens is 1. The van der Waals surface area contributed by atoms with Gasteiger partial charge >= 0.3 is 0 Å². The van der Waals surface area contributed by atoms with Gasteiger partial charge in [-0.3, -0.25) is 9.59 Å². The van der Waals surface area contributed by atoms with E-state index in [1.807, 2.05) is 48.5 Å². The predicted molar refractivity (Wildman–Crippen MR) is 80.2 cm³/mol. The monoisotopic (exact) mass is 350 g/mol. The van der Waals surface area contributed by atoms with Gasteiger partial charge < -0.3 is 0 Å². The minimum Gasteiger partial charge on any atom is -0.295 e. The first-order valence-corrected chi connectivity index (χ1v) is 6.57. The topological polar surface area (TPSA) is 34.1 Å². The lowest BCUT2D eigenvalue weighted by atomic mass is 10.0. The minimum absolute atomic E-state index is 0.0334. The molecule has 0 aromatic heterocycles. The average molecular weight is 350 g/mol. The molecule has 0 N–H and O–H groups in total. The number of ketones is 1. The van der Waals surface area contributed by atoms with Crippen molar-refractivity contribution in [2.75, 3.05) is 0 Å². The number of carbonyl (C=O) groups excluding carboxylic acids is 2. The molecular weight excluding hydrogens is 339 g/mol. The molecule has 0 fully saturated rings. The van der Waals surface area contributed by atoms with E-state index < -0.39 is 0 Å². The molecule has 3 heteroatoms. The first kappa shape index (κ1) is 13.0. The zero-order valence-corrected chi connectivity index (χ0v) is 12.0. The highest BCUT2D eigenvalue weighted by Gasteiger charge is 2.03. The van der Waals surface area contributed by atoms with Crippen LogP contribution in [-0.2, 0) is 0 Å². The van der Waals surface area contributed by atoms with E-state index in [0.29, 0.717) is 11.1 Å². The lowest BCUT2D eigenvalue weighted by Gasteiger charge is -2.03. The molecule has 2 rings (SSSR count). The lowest BCUT2D eigenvalue weighted by Crippen LogP contribution is -1.91. The highest BCUT2D eigenvalue weighted by molar-refractivity contribution is 14.1. The van der Waals surface area contributed by atoms with Crippen molar-refractivity contribution < 1.29 is 9.59 Å². The van der Waals surface area contributed by atoms with E-state index in [2.05, 4.69) is 0 Å². The Labute approximate surface area is 119 Å². The van der Waals surface area contributed by atoms with E-state index in [1.165, 1.54) is 0 Å². The number of Topliss-reactive ketones (excluding diaryl/α,β-unsaturated/α-hetero) is 1. The number of rotatable bonds is 3. The van der Waals surface area contributed by atoms with Crippen LogP contribution < -0.4 is 0 Å². The van der Waals surface area contributed by atoms with E-state index in [0.717, 1.165) is 11.1 Å². The molecule has 0 aliphatic heterocycles. The largest absolute Gasteiger partial charge is 0.295 e. The highest BCUT2D eigenvalue weighted by atomic mass is 127. The smallest absolute Gasteiger partial charge is 0.222 e. The molecule has 0 radical (unpaired) electrons. The summed E-state index contributed by atoms with van der Waals surface area (Å²) in [5, 5.41) is 0. The Morgan fingerprint density at radius 3 is 1.50 bits per heavy atom. The third-order valence-electron chi connectivity index (χ3n) is 2.74. The van der Waals surface area contributed by atoms with Gasteiger partial charge in [0.1, 0.15) is 0 Å². The molecule has 2 aromatic carbocycles. The summed E-state index contributed by atoms with van der Waals surface area (Å²) in [6.07, 6.45) is 0. The molecule has 18 heavy (non-hydrogen) atoms. The number of hydrogen-bond donors (Lipinski definition) is 0. The number of benzene rings is 2. The van der Waals surface area contributed by atoms with Crippen molar-refractivity contribution in [2.45, 2.75) is 6.92 Å². The van der Waals surface area contributed by atoms with Crippen LogP contribution in [0, 0.1) is 0 Å². The molecule has 0 saturated carbocycles. The van der Waals surface area contributed by atoms with Gasteiger partial charge in [0.25, 0.3) is 0 Å². The van der Waals surface area contributed by atoms with Crippen LogP contribution in [0.15, 0.2) is 48.5 Å². The van der Waals surface area contributed by atoms with Gasteiger partial charge in [-0.25, -0.2) is 0 Å². The fourth-order valence-electron chi connectivity index (χ4n) is 1.69. The van der Waals surface area contributed by atoms with Gasteiger partial charge in [-0.15, -0.1) is 0 Å². The van der Waals surface area contributed by atoms with E-state index in [4.69, 9.17) is 0 Å². The van der Waals surface area contributed by atoms with E-state index in [1.54, 1.807) is 29.5 Å². The fourth-order valence-corrected chi connectivity index (χ4v) is 2.05. The predicted octanol–water partition coefficient (Wildman–Crippen LogP) is 4.13. The molecule has 0 atom stereocenters. The molecule has 0 heterocycles. The second kappa shape index (κ2) is 5.44. The van der Waals surface area contributed by atoms with E-state index >= 15 is 0 Å². The van der Waals surface area contributed by atoms with Crippen molar-refractivity contribution in [3.8, 4) is 11.1 Å². The van der Waals surface area contributed by atoms with Crippen LogP contribution >= 0.6 is 22.6 Å². The summed E-state index contributed by atoms with van der Waals surface area (Å²) >= 11 is 1.77. The second-order valence-corrected chi connectivity index (χ2v) is 4.96. The summed E-state index contributed by atoms with van der Waals surface area (Å²) in [5.41, 5.74) is 3.47. The Hall–Kier alpha value is -1.49. The van der Waals surface area contributed by atoms with Crippen molar-refractivity contribution >= 4 is 32.2 Å². The quantitative estimate of drug-likeness (QED) is 0.474. The zero-order chi connectivity index (χ0) is 13.1. The Balaban J connectivity index is 2.31. The average Bonchev–Trinajstić information content (AvgIpc) is 2.39. The first-order valence-electron chi connectivity index (χ1n) is 5.49. The molecule has 0 spiro atoms. The standard InChI is InChI=1S/C15H11IO2/c1-10(17)11-2-4-12(5-3-11)13-6-8-14(9-7-13)15(16)18/h2-9H,1H3. The SMILES string of the molecule is CC(=O)c1ccc(-c2ccc(C(=O)I)cc2)cc1. The Kier molecular flexibility index (Phi) is 3.91. The van der Waals surface area contributed by atoms with Gasteiger partial charge in [-0.05, 0) is 30.2 Å². The Morgan fingerprint density at radius 1 is 0.778 bits per heavy atom. The van der Waals surface area contributed by atoms with Crippen LogP contribution in [-0.4, -0.2) is 9.57 Å². The van der Waals surface area contributed by atoms with Crippen molar-refractivity contribution in [3.63, 3.8) is 0 Å². The summed E-state index contributed by atoms with van der Waals surface area (Å²) < 4.78 is 0.0334. The van der Waals surface area contributed by atoms with Crippen molar-refractivity contribution in [3.05, 3.63) is 59.7 Å². The maximum Gasteiger partial charge on any atom is 0.222 e. The lowest BCUT2D eigenvalue weighted by molar-refractivity contribution is 0.101. The molecule has 0 saturated heterocycles. The molecule has 0 aliphatic rings. The Bertz CT molecular complexity index is 527. The van der Waals surface area contributed by atoms with Crippen LogP contribution in [0.1, 0.15) is 27.6 Å². The number of hydrogen-bond acceptors (Lipinski definition) is 2. The molecule has 0 aliphatic carbocycles. The molecule has 0 bridgehead atoms. The van der Waals surface area contributed by atoms with Crippen LogP contribution in [0.2, 0.25) is 0 Å². The Morgan fingerprint density at radius 2 is 1.17 bits per heavy atom. The van der Waals surface area contributed by atoms with Crippen LogP contribution in [0.25, 0.3) is 11.1 Å². The summed E-state index contributed by atoms with van der Waals surface area (Å²) in [5.74, 6) is 0.0624. The van der Waals surface area contributed by atoms with Crippen molar-refractivity contribution in [1.29, 1.82) is 0 Å². The van der Waals surface area contributed by atoms with Gasteiger partial charge in [-0.1, -0.05) is 36.4 Å². The summed E-state index contributed by atoms with van der Waals surface area (Å²) in [7, 11) is 0. The molecular formula is C15H11IO2. The van der Waals surface area contributed by atoms with Crippen LogP contribution in [0.4, 0.5) is 0 Å². The minimum atomic E-state index is 0.0334. The van der Waals surface area contributed by atoms with Gasteiger partial charge in [0.05, 0.1) is 0 Å². The third kappa shape index (κ3) is 2.85. The van der Waals surface area contributed by atoms with Gasteiger partial charge in [-0.2, -0.15) is 0 Å². The van der Waals surface area contributed by atoms with E-state index in [-0.39, 0.29) is 9.57 Å². The number of carbonyl (C=O) groups is 2. The third-order valence-corrected chi connectivity index (χ3v) is 3.36. The van der Waals surface area contributed by atoms with Crippen LogP contribution in [0.3, 0.4) is 0 Å². The normalized spacial score (nSPS) is 10.1. The molecule has 90 valence electrons. The summed E-state index contributed by atoms with van der Waals surface area (Å²) in [4.78, 5) is 22.3. The summed E-state index contributed by atoms with van der Waals surface area (Å²) in [6.45, 7) is 1.55. The molecule has 0 unspecified atom stereocenters. The van der Waals surface area contributed by atoms with Crippen LogP contribution in [0.5, 0.6) is 0 Å². The maximum absolute atomic E-state index is 11.2. The molecule has 2 aromatic rings. The van der Waals surface area contributed by atoms with Gasteiger partial charge in [0.2, 0.25) is 3.79 Å². The van der Waals surface area contributed by atoms with Gasteiger partial charge in [0, 0.05) is 33.7 Å². The summed E-state index contributed by atoms with van der Waals surface area (Å²) in [6, 6.07) is 14.9. The molecule has 0 amide bonds. The van der Waals surface area contributed by atoms with Crippen molar-refractivity contribution in [2.24, 2.45) is 0 Å². The fraction of sp³-hybridized carbons (Fsp3) is 0.0667. The van der Waals surface area contributed by atoms with Gasteiger partial charge in [0.15, 0.2) is 5.78 Å². The maximum atomic E-state index is 11.2.